The van der Waals surface area contributed by atoms with E-state index in [4.69, 9.17) is 9.88 Å². The molecule has 0 unspecified atom stereocenters. The number of carbonyl (C=O) groups is 1. The molecule has 0 spiro atoms. The van der Waals surface area contributed by atoms with Crippen LogP contribution in [0.2, 0.25) is 0 Å². The number of carbonyl (C=O) groups excluding carboxylic acids is 1. The molecule has 2 N–H and O–H groups in total. The Hall–Kier alpha value is -0.960. The number of rotatable bonds is 4. The second-order valence-electron chi connectivity index (χ2n) is 4.65. The number of nitrogens with two attached hydrogens (primary N) is 1. The molecule has 8 heteroatoms. The Labute approximate surface area is 122 Å². The predicted octanol–water partition coefficient (Wildman–Crippen LogP) is 1.04. The predicted molar refractivity (Wildman–Crippen MR) is 76.2 cm³/mol. The fourth-order valence-corrected chi connectivity index (χ4v) is 3.80. The van der Waals surface area contributed by atoms with Crippen LogP contribution in [0.25, 0.3) is 0 Å². The number of hydrogen-bond acceptors (Lipinski definition) is 5. The Morgan fingerprint density at radius 2 is 2.15 bits per heavy atom. The number of hydrogen-bond donors (Lipinski definition) is 1. The number of ether oxygens (including phenoxy) is 1. The van der Waals surface area contributed by atoms with Gasteiger partial charge in [0.25, 0.3) is 5.91 Å². The van der Waals surface area contributed by atoms with Gasteiger partial charge in [-0.05, 0) is 25.8 Å². The quantitative estimate of drug-likeness (QED) is 0.898. The van der Waals surface area contributed by atoms with Gasteiger partial charge in [-0.25, -0.2) is 13.6 Å². The normalized spacial score (nSPS) is 17.4. The van der Waals surface area contributed by atoms with Crippen molar-refractivity contribution in [3.63, 3.8) is 0 Å². The number of piperidine rings is 1. The highest BCUT2D eigenvalue weighted by Crippen LogP contribution is 2.22. The molecule has 0 saturated carbocycles. The van der Waals surface area contributed by atoms with Gasteiger partial charge in [-0.15, -0.1) is 11.3 Å². The summed E-state index contributed by atoms with van der Waals surface area (Å²) < 4.78 is 28.0. The van der Waals surface area contributed by atoms with Crippen molar-refractivity contribution in [1.82, 2.24) is 4.90 Å². The maximum Gasteiger partial charge on any atom is 0.254 e. The number of likely N-dealkylation sites (tertiary alicyclic amines) is 1. The summed E-state index contributed by atoms with van der Waals surface area (Å²) in [5, 5.41) is 6.58. The van der Waals surface area contributed by atoms with Gasteiger partial charge in [0.2, 0.25) is 10.0 Å². The lowest BCUT2D eigenvalue weighted by Gasteiger charge is -2.31. The highest BCUT2D eigenvalue weighted by atomic mass is 32.2. The van der Waals surface area contributed by atoms with Crippen LogP contribution in [0.15, 0.2) is 15.7 Å². The highest BCUT2D eigenvalue weighted by Gasteiger charge is 2.25. The van der Waals surface area contributed by atoms with Gasteiger partial charge in [-0.1, -0.05) is 0 Å². The van der Waals surface area contributed by atoms with Gasteiger partial charge >= 0.3 is 0 Å². The largest absolute Gasteiger partial charge is 0.378 e. The van der Waals surface area contributed by atoms with E-state index in [1.165, 1.54) is 11.4 Å². The monoisotopic (exact) mass is 318 g/mol. The molecule has 2 heterocycles. The fraction of sp³-hybridized carbons (Fsp3) is 0.583. The van der Waals surface area contributed by atoms with Crippen molar-refractivity contribution in [2.24, 2.45) is 5.14 Å². The lowest BCUT2D eigenvalue weighted by atomic mass is 10.1. The number of primary sulfonamides is 1. The first-order valence-electron chi connectivity index (χ1n) is 6.44. The maximum atomic E-state index is 12.3. The molecular weight excluding hydrogens is 300 g/mol. The van der Waals surface area contributed by atoms with Crippen LogP contribution in [0.4, 0.5) is 0 Å². The summed E-state index contributed by atoms with van der Waals surface area (Å²) in [4.78, 5) is 14.0. The van der Waals surface area contributed by atoms with Crippen molar-refractivity contribution in [2.45, 2.75) is 30.1 Å². The minimum atomic E-state index is -3.73. The van der Waals surface area contributed by atoms with E-state index in [-0.39, 0.29) is 16.2 Å². The van der Waals surface area contributed by atoms with Crippen molar-refractivity contribution in [1.29, 1.82) is 0 Å². The van der Waals surface area contributed by atoms with Gasteiger partial charge in [0.1, 0.15) is 4.21 Å². The van der Waals surface area contributed by atoms with Crippen LogP contribution in [0, 0.1) is 0 Å². The average Bonchev–Trinajstić information content (AvgIpc) is 2.89. The van der Waals surface area contributed by atoms with Crippen LogP contribution in [0.5, 0.6) is 0 Å². The van der Waals surface area contributed by atoms with E-state index in [1.807, 2.05) is 6.92 Å². The van der Waals surface area contributed by atoms with Gasteiger partial charge in [0.15, 0.2) is 0 Å². The molecule has 6 nitrogen and oxygen atoms in total. The molecule has 1 fully saturated rings. The SMILES string of the molecule is CCOC1CCN(C(=O)c2csc(S(N)(=O)=O)c2)CC1. The Bertz CT molecular complexity index is 574. The van der Waals surface area contributed by atoms with Crippen LogP contribution in [-0.4, -0.2) is 45.0 Å². The van der Waals surface area contributed by atoms with Gasteiger partial charge < -0.3 is 9.64 Å². The van der Waals surface area contributed by atoms with Crippen molar-refractivity contribution in [3.8, 4) is 0 Å². The zero-order valence-electron chi connectivity index (χ0n) is 11.2. The summed E-state index contributed by atoms with van der Waals surface area (Å²) in [6, 6.07) is 1.34. The third kappa shape index (κ3) is 3.57. The first-order valence-corrected chi connectivity index (χ1v) is 8.86. The molecule has 0 radical (unpaired) electrons. The van der Waals surface area contributed by atoms with E-state index in [0.29, 0.717) is 25.3 Å². The minimum absolute atomic E-state index is 0.0186. The molecule has 1 aliphatic rings. The second kappa shape index (κ2) is 6.21. The third-order valence-electron chi connectivity index (χ3n) is 3.23. The van der Waals surface area contributed by atoms with E-state index in [0.717, 1.165) is 24.2 Å². The average molecular weight is 318 g/mol. The van der Waals surface area contributed by atoms with Crippen molar-refractivity contribution in [2.75, 3.05) is 19.7 Å². The summed E-state index contributed by atoms with van der Waals surface area (Å²) >= 11 is 0.972. The van der Waals surface area contributed by atoms with E-state index in [1.54, 1.807) is 4.90 Å². The summed E-state index contributed by atoms with van der Waals surface area (Å²) in [5.41, 5.74) is 0.383. The fourth-order valence-electron chi connectivity index (χ4n) is 2.22. The molecule has 0 aromatic carbocycles. The molecule has 1 aliphatic heterocycles. The molecule has 1 aromatic rings. The maximum absolute atomic E-state index is 12.3. The van der Waals surface area contributed by atoms with Gasteiger partial charge in [-0.3, -0.25) is 4.79 Å². The van der Waals surface area contributed by atoms with Gasteiger partial charge in [0.05, 0.1) is 11.7 Å². The molecule has 1 aromatic heterocycles. The summed E-state index contributed by atoms with van der Waals surface area (Å²) in [7, 11) is -3.73. The first kappa shape index (κ1) is 15.4. The molecule has 0 bridgehead atoms. The van der Waals surface area contributed by atoms with Gasteiger partial charge in [0, 0.05) is 25.1 Å². The van der Waals surface area contributed by atoms with Crippen LogP contribution >= 0.6 is 11.3 Å². The molecule has 0 aliphatic carbocycles. The standard InChI is InChI=1S/C12H18N2O4S2/c1-2-18-10-3-5-14(6-4-10)12(15)9-7-11(19-8-9)20(13,16)17/h7-8,10H,2-6H2,1H3,(H2,13,16,17). The third-order valence-corrected chi connectivity index (χ3v) is 5.62. The Morgan fingerprint density at radius 3 is 2.65 bits per heavy atom. The zero-order chi connectivity index (χ0) is 14.8. The second-order valence-corrected chi connectivity index (χ2v) is 7.35. The van der Waals surface area contributed by atoms with Crippen molar-refractivity contribution >= 4 is 27.3 Å². The molecule has 20 heavy (non-hydrogen) atoms. The zero-order valence-corrected chi connectivity index (χ0v) is 12.9. The summed E-state index contributed by atoms with van der Waals surface area (Å²) in [6.45, 7) is 3.90. The molecule has 112 valence electrons. The van der Waals surface area contributed by atoms with Crippen LogP contribution < -0.4 is 5.14 Å². The van der Waals surface area contributed by atoms with Crippen LogP contribution in [0.3, 0.4) is 0 Å². The first-order chi connectivity index (χ1) is 9.41. The molecular formula is C12H18N2O4S2. The van der Waals surface area contributed by atoms with Crippen LogP contribution in [0.1, 0.15) is 30.1 Å². The number of thiophene rings is 1. The topological polar surface area (TPSA) is 89.7 Å². The van der Waals surface area contributed by atoms with E-state index < -0.39 is 10.0 Å². The van der Waals surface area contributed by atoms with E-state index in [2.05, 4.69) is 0 Å². The Balaban J connectivity index is 2.00. The molecule has 2 rings (SSSR count). The summed E-state index contributed by atoms with van der Waals surface area (Å²) in [6.07, 6.45) is 1.84. The van der Waals surface area contributed by atoms with Crippen molar-refractivity contribution < 1.29 is 17.9 Å². The number of sulfonamides is 1. The summed E-state index contributed by atoms with van der Waals surface area (Å²) in [5.74, 6) is -0.147. The van der Waals surface area contributed by atoms with Gasteiger partial charge in [-0.2, -0.15) is 0 Å². The Kier molecular flexibility index (Phi) is 4.79. The molecule has 1 saturated heterocycles. The molecule has 1 amide bonds. The van der Waals surface area contributed by atoms with E-state index >= 15 is 0 Å². The number of nitrogens with zero attached hydrogens (tertiary/aromatic N) is 1. The molecule has 0 atom stereocenters. The number of amides is 1. The van der Waals surface area contributed by atoms with E-state index in [9.17, 15) is 13.2 Å². The smallest absolute Gasteiger partial charge is 0.254 e. The van der Waals surface area contributed by atoms with Crippen LogP contribution in [-0.2, 0) is 14.8 Å². The Morgan fingerprint density at radius 1 is 1.50 bits per heavy atom. The lowest BCUT2D eigenvalue weighted by Crippen LogP contribution is -2.40. The highest BCUT2D eigenvalue weighted by molar-refractivity contribution is 7.91. The van der Waals surface area contributed by atoms with Crippen molar-refractivity contribution in [3.05, 3.63) is 17.0 Å². The minimum Gasteiger partial charge on any atom is -0.378 e. The lowest BCUT2D eigenvalue weighted by molar-refractivity contribution is 0.0146.